The molecule has 0 aliphatic heterocycles. The van der Waals surface area contributed by atoms with Gasteiger partial charge in [0.2, 0.25) is 0 Å². The number of aryl methyl sites for hydroxylation is 3. The van der Waals surface area contributed by atoms with Crippen molar-refractivity contribution in [1.82, 2.24) is 35.2 Å². The maximum atomic E-state index is 4.64. The number of nitrogens with one attached hydrogen (secondary N) is 2. The zero-order valence-electron chi connectivity index (χ0n) is 17.1. The Bertz CT molecular complexity index is 790. The first-order chi connectivity index (χ1) is 12.3. The van der Waals surface area contributed by atoms with Gasteiger partial charge >= 0.3 is 0 Å². The summed E-state index contributed by atoms with van der Waals surface area (Å²) >= 11 is 0. The Labute approximate surface area is 178 Å². The minimum absolute atomic E-state index is 0. The van der Waals surface area contributed by atoms with Crippen LogP contribution in [0.4, 0.5) is 0 Å². The molecule has 2 rings (SSSR count). The van der Waals surface area contributed by atoms with Gasteiger partial charge in [-0.1, -0.05) is 6.08 Å². The molecule has 0 bridgehead atoms. The smallest absolute Gasteiger partial charge is 0.192 e. The highest BCUT2D eigenvalue weighted by Gasteiger charge is 2.14. The highest BCUT2D eigenvalue weighted by Crippen LogP contribution is 2.14. The van der Waals surface area contributed by atoms with Gasteiger partial charge in [0.15, 0.2) is 11.8 Å². The molecule has 0 aliphatic rings. The van der Waals surface area contributed by atoms with Crippen molar-refractivity contribution < 1.29 is 0 Å². The largest absolute Gasteiger partial charge is 0.354 e. The highest BCUT2D eigenvalue weighted by atomic mass is 127. The number of rotatable bonds is 7. The lowest BCUT2D eigenvalue weighted by Gasteiger charge is -2.18. The Morgan fingerprint density at radius 2 is 1.96 bits per heavy atom. The molecule has 0 saturated heterocycles. The summed E-state index contributed by atoms with van der Waals surface area (Å²) in [5, 5.41) is 19.4. The van der Waals surface area contributed by atoms with E-state index in [1.54, 1.807) is 0 Å². The lowest BCUT2D eigenvalue weighted by Crippen LogP contribution is -2.43. The van der Waals surface area contributed by atoms with Crippen LogP contribution < -0.4 is 10.6 Å². The number of nitrogens with zero attached hydrogens (tertiary/aromatic N) is 6. The van der Waals surface area contributed by atoms with Gasteiger partial charge in [0, 0.05) is 32.4 Å². The first kappa shape index (κ1) is 23.1. The SMILES string of the molecule is C=CCNC(=NCc1nnc(C)n1C)NC(C)Cc1c(C)nn(C)c1C.I. The van der Waals surface area contributed by atoms with Gasteiger partial charge in [0.05, 0.1) is 5.69 Å². The number of halogens is 1. The van der Waals surface area contributed by atoms with Gasteiger partial charge in [-0.15, -0.1) is 40.8 Å². The first-order valence-corrected chi connectivity index (χ1v) is 8.83. The van der Waals surface area contributed by atoms with Crippen LogP contribution in [0, 0.1) is 20.8 Å². The van der Waals surface area contributed by atoms with Gasteiger partial charge in [-0.25, -0.2) is 4.99 Å². The maximum absolute atomic E-state index is 4.64. The van der Waals surface area contributed by atoms with Crippen LogP contribution in [0.2, 0.25) is 0 Å². The summed E-state index contributed by atoms with van der Waals surface area (Å²) in [6, 6.07) is 0.203. The Morgan fingerprint density at radius 3 is 2.48 bits per heavy atom. The average Bonchev–Trinajstić information content (AvgIpc) is 3.04. The molecule has 1 atom stereocenters. The summed E-state index contributed by atoms with van der Waals surface area (Å²) < 4.78 is 3.87. The molecule has 150 valence electrons. The summed E-state index contributed by atoms with van der Waals surface area (Å²) in [7, 11) is 3.92. The third kappa shape index (κ3) is 6.05. The van der Waals surface area contributed by atoms with Crippen LogP contribution in [-0.2, 0) is 27.1 Å². The average molecular weight is 486 g/mol. The van der Waals surface area contributed by atoms with E-state index in [0.29, 0.717) is 13.1 Å². The number of aliphatic imine (C=N–C) groups is 1. The number of aromatic nitrogens is 5. The second kappa shape index (κ2) is 10.4. The molecule has 0 radical (unpaired) electrons. The van der Waals surface area contributed by atoms with Gasteiger partial charge in [-0.2, -0.15) is 5.10 Å². The molecule has 8 nitrogen and oxygen atoms in total. The van der Waals surface area contributed by atoms with Gasteiger partial charge in [0.1, 0.15) is 12.4 Å². The molecule has 0 aromatic carbocycles. The van der Waals surface area contributed by atoms with E-state index in [9.17, 15) is 0 Å². The van der Waals surface area contributed by atoms with Crippen molar-refractivity contribution in [2.45, 2.75) is 46.7 Å². The topological polar surface area (TPSA) is 84.9 Å². The fourth-order valence-corrected chi connectivity index (χ4v) is 2.76. The molecule has 0 spiro atoms. The van der Waals surface area contributed by atoms with Crippen molar-refractivity contribution in [2.24, 2.45) is 19.1 Å². The molecule has 0 aliphatic carbocycles. The normalized spacial score (nSPS) is 12.4. The minimum Gasteiger partial charge on any atom is -0.354 e. The van der Waals surface area contributed by atoms with Gasteiger partial charge in [-0.05, 0) is 39.7 Å². The standard InChI is InChI=1S/C18H30N8.HI/c1-8-9-19-18(20-11-17-23-22-15(5)25(17)6)21-12(2)10-16-13(3)24-26(7)14(16)4;/h8,12H,1,9-11H2,2-7H3,(H2,19,20,21);1H. The van der Waals surface area contributed by atoms with E-state index in [1.165, 1.54) is 11.3 Å². The number of hydrogen-bond donors (Lipinski definition) is 2. The van der Waals surface area contributed by atoms with Gasteiger partial charge in [-0.3, -0.25) is 4.68 Å². The van der Waals surface area contributed by atoms with E-state index in [0.717, 1.165) is 29.7 Å². The van der Waals surface area contributed by atoms with E-state index >= 15 is 0 Å². The number of hydrogen-bond acceptors (Lipinski definition) is 4. The van der Waals surface area contributed by atoms with Crippen LogP contribution >= 0.6 is 24.0 Å². The Morgan fingerprint density at radius 1 is 1.26 bits per heavy atom. The Kier molecular flexibility index (Phi) is 8.94. The number of guanidine groups is 1. The van der Waals surface area contributed by atoms with Crippen LogP contribution in [0.5, 0.6) is 0 Å². The van der Waals surface area contributed by atoms with Crippen molar-refractivity contribution in [2.75, 3.05) is 6.54 Å². The molecular formula is C18H31IN8. The molecule has 1 unspecified atom stereocenters. The monoisotopic (exact) mass is 486 g/mol. The molecule has 0 amide bonds. The second-order valence-electron chi connectivity index (χ2n) is 6.58. The van der Waals surface area contributed by atoms with Gasteiger partial charge < -0.3 is 15.2 Å². The first-order valence-electron chi connectivity index (χ1n) is 8.83. The Hall–Kier alpha value is -1.91. The molecule has 2 aromatic heterocycles. The summed E-state index contributed by atoms with van der Waals surface area (Å²) in [4.78, 5) is 4.64. The predicted octanol–water partition coefficient (Wildman–Crippen LogP) is 1.94. The summed E-state index contributed by atoms with van der Waals surface area (Å²) in [5.41, 5.74) is 3.55. The molecular weight excluding hydrogens is 455 g/mol. The fourth-order valence-electron chi connectivity index (χ4n) is 2.76. The minimum atomic E-state index is 0. The molecule has 2 N–H and O–H groups in total. The molecule has 2 aromatic rings. The lowest BCUT2D eigenvalue weighted by atomic mass is 10.1. The molecule has 0 fully saturated rings. The van der Waals surface area contributed by atoms with Crippen molar-refractivity contribution in [3.63, 3.8) is 0 Å². The molecule has 27 heavy (non-hydrogen) atoms. The third-order valence-electron chi connectivity index (χ3n) is 4.53. The van der Waals surface area contributed by atoms with E-state index in [-0.39, 0.29) is 30.0 Å². The van der Waals surface area contributed by atoms with Crippen LogP contribution in [0.25, 0.3) is 0 Å². The Balaban J connectivity index is 0.00000364. The van der Waals surface area contributed by atoms with E-state index < -0.39 is 0 Å². The maximum Gasteiger partial charge on any atom is 0.192 e. The zero-order valence-corrected chi connectivity index (χ0v) is 19.4. The predicted molar refractivity (Wildman–Crippen MR) is 119 cm³/mol. The lowest BCUT2D eigenvalue weighted by molar-refractivity contribution is 0.636. The van der Waals surface area contributed by atoms with E-state index in [1.807, 2.05) is 36.3 Å². The molecule has 2 heterocycles. The van der Waals surface area contributed by atoms with Crippen molar-refractivity contribution in [3.8, 4) is 0 Å². The third-order valence-corrected chi connectivity index (χ3v) is 4.53. The zero-order chi connectivity index (χ0) is 19.3. The quantitative estimate of drug-likeness (QED) is 0.271. The van der Waals surface area contributed by atoms with Gasteiger partial charge in [0.25, 0.3) is 0 Å². The highest BCUT2D eigenvalue weighted by molar-refractivity contribution is 14.0. The van der Waals surface area contributed by atoms with Crippen LogP contribution in [-0.4, -0.2) is 43.1 Å². The fraction of sp³-hybridized carbons (Fsp3) is 0.556. The van der Waals surface area contributed by atoms with E-state index in [2.05, 4.69) is 58.3 Å². The van der Waals surface area contributed by atoms with Crippen LogP contribution in [0.3, 0.4) is 0 Å². The molecule has 9 heteroatoms. The van der Waals surface area contributed by atoms with Crippen LogP contribution in [0.15, 0.2) is 17.6 Å². The summed E-state index contributed by atoms with van der Waals surface area (Å²) in [6.07, 6.45) is 2.69. The van der Waals surface area contributed by atoms with Crippen LogP contribution in [0.1, 0.15) is 35.5 Å². The van der Waals surface area contributed by atoms with E-state index in [4.69, 9.17) is 0 Å². The second-order valence-corrected chi connectivity index (χ2v) is 6.58. The van der Waals surface area contributed by atoms with Crippen molar-refractivity contribution in [3.05, 3.63) is 41.3 Å². The summed E-state index contributed by atoms with van der Waals surface area (Å²) in [5.74, 6) is 2.44. The summed E-state index contributed by atoms with van der Waals surface area (Å²) in [6.45, 7) is 13.1. The van der Waals surface area contributed by atoms with Crippen molar-refractivity contribution in [1.29, 1.82) is 0 Å². The molecule has 0 saturated carbocycles. The van der Waals surface area contributed by atoms with Crippen molar-refractivity contribution >= 4 is 29.9 Å².